The fourth-order valence-electron chi connectivity index (χ4n) is 2.22. The van der Waals surface area contributed by atoms with Crippen LogP contribution in [0.25, 0.3) is 0 Å². The second-order valence-electron chi connectivity index (χ2n) is 4.41. The van der Waals surface area contributed by atoms with E-state index in [0.717, 1.165) is 28.6 Å². The molecule has 1 heterocycles. The fourth-order valence-corrected chi connectivity index (χ4v) is 4.14. The summed E-state index contributed by atoms with van der Waals surface area (Å²) in [6.45, 7) is 5.06. The van der Waals surface area contributed by atoms with E-state index in [1.165, 1.54) is 17.7 Å². The van der Waals surface area contributed by atoms with E-state index < -0.39 is 0 Å². The molecule has 1 aliphatic heterocycles. The highest BCUT2D eigenvalue weighted by atomic mass is 79.9. The molecule has 0 amide bonds. The first-order valence-electron chi connectivity index (χ1n) is 5.52. The van der Waals surface area contributed by atoms with Crippen LogP contribution in [-0.2, 0) is 0 Å². The average Bonchev–Trinajstić information content (AvgIpc) is 2.64. The normalized spacial score (nSPS) is 20.5. The van der Waals surface area contributed by atoms with Crippen LogP contribution < -0.4 is 10.6 Å². The Hall–Kier alpha value is -0.0600. The molecule has 0 bridgehead atoms. The van der Waals surface area contributed by atoms with Gasteiger partial charge in [-0.15, -0.1) is 0 Å². The van der Waals surface area contributed by atoms with Crippen LogP contribution in [-0.4, -0.2) is 19.6 Å². The molecule has 1 aromatic carbocycles. The molecule has 0 aromatic heterocycles. The minimum absolute atomic E-state index is 0.639. The van der Waals surface area contributed by atoms with Crippen LogP contribution in [0.1, 0.15) is 12.0 Å². The van der Waals surface area contributed by atoms with Gasteiger partial charge in [0.25, 0.3) is 0 Å². The van der Waals surface area contributed by atoms with E-state index in [9.17, 15) is 0 Å². The second kappa shape index (κ2) is 5.07. The Morgan fingerprint density at radius 3 is 2.50 bits per heavy atom. The van der Waals surface area contributed by atoms with Crippen LogP contribution in [0.3, 0.4) is 0 Å². The lowest BCUT2D eigenvalue weighted by atomic mass is 10.1. The van der Waals surface area contributed by atoms with Crippen molar-refractivity contribution in [2.45, 2.75) is 13.3 Å². The molecular weight excluding hydrogens is 332 g/mol. The van der Waals surface area contributed by atoms with E-state index in [4.69, 9.17) is 5.73 Å². The van der Waals surface area contributed by atoms with Crippen molar-refractivity contribution in [3.63, 3.8) is 0 Å². The summed E-state index contributed by atoms with van der Waals surface area (Å²) < 4.78 is 2.33. The Labute approximate surface area is 113 Å². The first kappa shape index (κ1) is 12.4. The summed E-state index contributed by atoms with van der Waals surface area (Å²) in [5, 5.41) is 0. The highest BCUT2D eigenvalue weighted by molar-refractivity contribution is 9.11. The van der Waals surface area contributed by atoms with Gasteiger partial charge in [-0.25, -0.2) is 0 Å². The van der Waals surface area contributed by atoms with Crippen LogP contribution in [0, 0.1) is 12.8 Å². The summed E-state index contributed by atoms with van der Waals surface area (Å²) in [5.74, 6) is 0.639. The lowest BCUT2D eigenvalue weighted by Gasteiger charge is -2.22. The molecule has 2 nitrogen and oxygen atoms in total. The SMILES string of the molecule is Cc1cc(Br)c(N2CCC(CN)C2)c(Br)c1. The molecule has 1 atom stereocenters. The summed E-state index contributed by atoms with van der Waals surface area (Å²) in [7, 11) is 0. The van der Waals surface area contributed by atoms with E-state index in [-0.39, 0.29) is 0 Å². The number of anilines is 1. The van der Waals surface area contributed by atoms with Crippen molar-refractivity contribution in [1.29, 1.82) is 0 Å². The number of nitrogens with two attached hydrogens (primary N) is 1. The lowest BCUT2D eigenvalue weighted by Crippen LogP contribution is -2.23. The molecule has 88 valence electrons. The summed E-state index contributed by atoms with van der Waals surface area (Å²) >= 11 is 7.29. The second-order valence-corrected chi connectivity index (χ2v) is 6.12. The van der Waals surface area contributed by atoms with Crippen LogP contribution in [0.15, 0.2) is 21.1 Å². The van der Waals surface area contributed by atoms with E-state index in [1.807, 2.05) is 0 Å². The zero-order valence-corrected chi connectivity index (χ0v) is 12.5. The third kappa shape index (κ3) is 2.44. The van der Waals surface area contributed by atoms with Crippen molar-refractivity contribution in [3.8, 4) is 0 Å². The molecule has 1 unspecified atom stereocenters. The van der Waals surface area contributed by atoms with Gasteiger partial charge in [-0.3, -0.25) is 0 Å². The van der Waals surface area contributed by atoms with Crippen LogP contribution in [0.2, 0.25) is 0 Å². The quantitative estimate of drug-likeness (QED) is 0.889. The highest BCUT2D eigenvalue weighted by Gasteiger charge is 2.24. The van der Waals surface area contributed by atoms with Gasteiger partial charge in [-0.2, -0.15) is 0 Å². The monoisotopic (exact) mass is 346 g/mol. The molecule has 2 N–H and O–H groups in total. The molecule has 0 saturated carbocycles. The predicted octanol–water partition coefficient (Wildman–Crippen LogP) is 3.31. The third-order valence-corrected chi connectivity index (χ3v) is 4.31. The number of benzene rings is 1. The summed E-state index contributed by atoms with van der Waals surface area (Å²) in [5.41, 5.74) is 8.25. The average molecular weight is 348 g/mol. The van der Waals surface area contributed by atoms with Gasteiger partial charge in [0.05, 0.1) is 5.69 Å². The van der Waals surface area contributed by atoms with E-state index in [1.54, 1.807) is 0 Å². The van der Waals surface area contributed by atoms with Gasteiger partial charge in [0, 0.05) is 22.0 Å². The van der Waals surface area contributed by atoms with Crippen LogP contribution in [0.4, 0.5) is 5.69 Å². The van der Waals surface area contributed by atoms with E-state index in [2.05, 4.69) is 55.8 Å². The van der Waals surface area contributed by atoms with Crippen molar-refractivity contribution < 1.29 is 0 Å². The van der Waals surface area contributed by atoms with Gasteiger partial charge in [-0.1, -0.05) is 0 Å². The van der Waals surface area contributed by atoms with Gasteiger partial charge >= 0.3 is 0 Å². The van der Waals surface area contributed by atoms with Gasteiger partial charge < -0.3 is 10.6 Å². The van der Waals surface area contributed by atoms with E-state index >= 15 is 0 Å². The summed E-state index contributed by atoms with van der Waals surface area (Å²) in [4.78, 5) is 2.41. The standard InChI is InChI=1S/C12H16Br2N2/c1-8-4-10(13)12(11(14)5-8)16-3-2-9(6-15)7-16/h4-5,9H,2-3,6-7,15H2,1H3. The minimum Gasteiger partial charge on any atom is -0.369 e. The van der Waals surface area contributed by atoms with Gasteiger partial charge in [0.2, 0.25) is 0 Å². The molecule has 0 radical (unpaired) electrons. The number of halogens is 2. The number of rotatable bonds is 2. The first-order valence-corrected chi connectivity index (χ1v) is 7.11. The molecule has 4 heteroatoms. The Kier molecular flexibility index (Phi) is 3.93. The number of aryl methyl sites for hydroxylation is 1. The number of nitrogens with zero attached hydrogens (tertiary/aromatic N) is 1. The summed E-state index contributed by atoms with van der Waals surface area (Å²) in [6, 6.07) is 4.33. The zero-order valence-electron chi connectivity index (χ0n) is 9.34. The molecule has 1 aliphatic rings. The van der Waals surface area contributed by atoms with Crippen LogP contribution >= 0.6 is 31.9 Å². The molecule has 0 spiro atoms. The molecule has 0 aliphatic carbocycles. The Bertz CT molecular complexity index is 370. The van der Waals surface area contributed by atoms with Crippen molar-refractivity contribution in [1.82, 2.24) is 0 Å². The summed E-state index contributed by atoms with van der Waals surface area (Å²) in [6.07, 6.45) is 1.20. The van der Waals surface area contributed by atoms with Crippen molar-refractivity contribution in [3.05, 3.63) is 26.6 Å². The maximum atomic E-state index is 5.72. The number of hydrogen-bond acceptors (Lipinski definition) is 2. The van der Waals surface area contributed by atoms with Gasteiger partial charge in [0.1, 0.15) is 0 Å². The van der Waals surface area contributed by atoms with Gasteiger partial charge in [0.15, 0.2) is 0 Å². The number of hydrogen-bond donors (Lipinski definition) is 1. The van der Waals surface area contributed by atoms with Gasteiger partial charge in [-0.05, 0) is 75.4 Å². The van der Waals surface area contributed by atoms with Crippen molar-refractivity contribution >= 4 is 37.5 Å². The predicted molar refractivity (Wildman–Crippen MR) is 76.0 cm³/mol. The smallest absolute Gasteiger partial charge is 0.0655 e. The molecule has 1 saturated heterocycles. The Morgan fingerprint density at radius 2 is 2.00 bits per heavy atom. The topological polar surface area (TPSA) is 29.3 Å². The lowest BCUT2D eigenvalue weighted by molar-refractivity contribution is 0.602. The largest absolute Gasteiger partial charge is 0.369 e. The molecule has 1 aromatic rings. The minimum atomic E-state index is 0.639. The zero-order chi connectivity index (χ0) is 11.7. The van der Waals surface area contributed by atoms with Crippen molar-refractivity contribution in [2.75, 3.05) is 24.5 Å². The molecule has 16 heavy (non-hydrogen) atoms. The maximum absolute atomic E-state index is 5.72. The molecule has 2 rings (SSSR count). The van der Waals surface area contributed by atoms with E-state index in [0.29, 0.717) is 5.92 Å². The first-order chi connectivity index (χ1) is 7.61. The fraction of sp³-hybridized carbons (Fsp3) is 0.500. The highest BCUT2D eigenvalue weighted by Crippen LogP contribution is 2.37. The Morgan fingerprint density at radius 1 is 1.38 bits per heavy atom. The van der Waals surface area contributed by atoms with Crippen LogP contribution in [0.5, 0.6) is 0 Å². The maximum Gasteiger partial charge on any atom is 0.0655 e. The Balaban J connectivity index is 2.28. The molecular formula is C12H16Br2N2. The van der Waals surface area contributed by atoms with Crippen molar-refractivity contribution in [2.24, 2.45) is 11.7 Å². The third-order valence-electron chi connectivity index (χ3n) is 3.10. The molecule has 1 fully saturated rings.